The average molecular weight is 746 g/mol. The third-order valence-corrected chi connectivity index (χ3v) is 12.7. The highest BCUT2D eigenvalue weighted by Gasteiger charge is 2.52. The monoisotopic (exact) mass is 745 g/mol. The fourth-order valence-electron chi connectivity index (χ4n) is 10.2. The van der Waals surface area contributed by atoms with E-state index >= 15 is 0 Å². The fraction of sp³-hybridized carbons (Fsp3) is 0.0909. The van der Waals surface area contributed by atoms with Gasteiger partial charge in [0.2, 0.25) is 0 Å². The first kappa shape index (κ1) is 33.1. The maximum Gasteiger partial charge on any atom is 0.193 e. The molecule has 0 bridgehead atoms. The molecule has 0 saturated carbocycles. The summed E-state index contributed by atoms with van der Waals surface area (Å²) in [6, 6.07) is 57.2. The predicted octanol–water partition coefficient (Wildman–Crippen LogP) is 14.0. The van der Waals surface area contributed by atoms with Crippen LogP contribution in [0.15, 0.2) is 200 Å². The van der Waals surface area contributed by atoms with Crippen LogP contribution in [-0.2, 0) is 5.41 Å². The van der Waals surface area contributed by atoms with E-state index in [4.69, 9.17) is 9.47 Å². The van der Waals surface area contributed by atoms with Gasteiger partial charge in [-0.15, -0.1) is 0 Å². The van der Waals surface area contributed by atoms with Gasteiger partial charge in [0.25, 0.3) is 0 Å². The number of allylic oxidation sites excluding steroid dienone is 5. The van der Waals surface area contributed by atoms with Gasteiger partial charge in [-0.05, 0) is 116 Å². The van der Waals surface area contributed by atoms with Crippen LogP contribution in [0.1, 0.15) is 47.1 Å². The number of anilines is 1. The minimum absolute atomic E-state index is 0.0635. The molecule has 7 aromatic carbocycles. The van der Waals surface area contributed by atoms with Crippen molar-refractivity contribution in [3.05, 3.63) is 228 Å². The smallest absolute Gasteiger partial charge is 0.193 e. The number of fused-ring (bicyclic) bond motifs is 12. The molecule has 1 aliphatic heterocycles. The van der Waals surface area contributed by atoms with Gasteiger partial charge in [0, 0.05) is 5.70 Å². The van der Waals surface area contributed by atoms with Crippen LogP contribution in [-0.4, -0.2) is 6.04 Å². The highest BCUT2D eigenvalue weighted by Crippen LogP contribution is 2.65. The van der Waals surface area contributed by atoms with Crippen molar-refractivity contribution in [1.82, 2.24) is 0 Å². The van der Waals surface area contributed by atoms with Crippen molar-refractivity contribution in [2.45, 2.75) is 30.7 Å². The standard InChI is InChI=1S/C55H39NO2/c1-3-15-36(16-4-1)37-29-31-38(32-30-37)39-17-13-20-41(33-39)56(40-18-5-2-6-19-40)50-27-14-28-51-54(50)58-52-34-45-44-23-9-12-26-48(44)55(49(45)35-53(52)57-51)46-24-10-7-21-42(46)43-22-8-11-25-47(43)55/h1,3-5,7-32,34-35,41H,2,6,33H2/t41-/m1/s1. The third-order valence-electron chi connectivity index (χ3n) is 12.7. The molecule has 276 valence electrons. The van der Waals surface area contributed by atoms with Gasteiger partial charge in [0.15, 0.2) is 23.0 Å². The summed E-state index contributed by atoms with van der Waals surface area (Å²) in [6.07, 6.45) is 16.6. The Bertz CT molecular complexity index is 2880. The molecule has 0 fully saturated rings. The van der Waals surface area contributed by atoms with E-state index in [1.807, 2.05) is 6.07 Å². The average Bonchev–Trinajstić information content (AvgIpc) is 3.75. The molecule has 0 saturated heterocycles. The Hall–Kier alpha value is -7.10. The number of nitrogens with zero attached hydrogens (tertiary/aromatic N) is 1. The Morgan fingerprint density at radius 2 is 1.16 bits per heavy atom. The van der Waals surface area contributed by atoms with Crippen molar-refractivity contribution < 1.29 is 9.47 Å². The van der Waals surface area contributed by atoms with Crippen molar-refractivity contribution in [2.75, 3.05) is 4.90 Å². The molecular weight excluding hydrogens is 707 g/mol. The maximum atomic E-state index is 7.11. The normalized spacial score (nSPS) is 17.1. The second-order valence-corrected chi connectivity index (χ2v) is 15.8. The lowest BCUT2D eigenvalue weighted by atomic mass is 9.70. The first-order valence-electron chi connectivity index (χ1n) is 20.4. The molecule has 0 N–H and O–H groups in total. The number of rotatable bonds is 5. The molecule has 3 heteroatoms. The van der Waals surface area contributed by atoms with E-state index in [-0.39, 0.29) is 6.04 Å². The summed E-state index contributed by atoms with van der Waals surface area (Å²) < 4.78 is 14.1. The predicted molar refractivity (Wildman–Crippen MR) is 236 cm³/mol. The quantitative estimate of drug-likeness (QED) is 0.175. The zero-order chi connectivity index (χ0) is 38.2. The van der Waals surface area contributed by atoms with Crippen molar-refractivity contribution in [3.63, 3.8) is 0 Å². The summed E-state index contributed by atoms with van der Waals surface area (Å²) in [5, 5.41) is 0. The molecule has 1 heterocycles. The molecule has 7 aromatic rings. The molecule has 0 aromatic heterocycles. The third kappa shape index (κ3) is 4.86. The Labute approximate surface area is 339 Å². The first-order chi connectivity index (χ1) is 28.8. The molecule has 4 aliphatic carbocycles. The topological polar surface area (TPSA) is 21.7 Å². The lowest BCUT2D eigenvalue weighted by molar-refractivity contribution is 0.359. The Kier molecular flexibility index (Phi) is 7.40. The molecule has 0 unspecified atom stereocenters. The lowest BCUT2D eigenvalue weighted by Gasteiger charge is -2.37. The molecule has 58 heavy (non-hydrogen) atoms. The van der Waals surface area contributed by atoms with E-state index in [0.29, 0.717) is 0 Å². The van der Waals surface area contributed by atoms with Crippen LogP contribution in [0.25, 0.3) is 39.0 Å². The van der Waals surface area contributed by atoms with Crippen LogP contribution in [0.4, 0.5) is 5.69 Å². The number of hydrogen-bond donors (Lipinski definition) is 0. The van der Waals surface area contributed by atoms with Gasteiger partial charge in [0.1, 0.15) is 0 Å². The van der Waals surface area contributed by atoms with Crippen LogP contribution in [0.3, 0.4) is 0 Å². The fourth-order valence-corrected chi connectivity index (χ4v) is 10.2. The molecule has 12 rings (SSSR count). The largest absolute Gasteiger partial charge is 0.449 e. The molecule has 1 atom stereocenters. The van der Waals surface area contributed by atoms with Crippen LogP contribution in [0.2, 0.25) is 0 Å². The van der Waals surface area contributed by atoms with Gasteiger partial charge in [-0.3, -0.25) is 0 Å². The van der Waals surface area contributed by atoms with Gasteiger partial charge < -0.3 is 14.4 Å². The lowest BCUT2D eigenvalue weighted by Crippen LogP contribution is -2.34. The summed E-state index contributed by atoms with van der Waals surface area (Å²) in [5.74, 6) is 2.93. The highest BCUT2D eigenvalue weighted by atomic mass is 16.6. The van der Waals surface area contributed by atoms with Gasteiger partial charge in [-0.25, -0.2) is 0 Å². The number of para-hydroxylation sites is 1. The number of ether oxygens (including phenoxy) is 2. The Morgan fingerprint density at radius 1 is 0.517 bits per heavy atom. The van der Waals surface area contributed by atoms with Crippen molar-refractivity contribution >= 4 is 11.3 Å². The molecule has 0 radical (unpaired) electrons. The van der Waals surface area contributed by atoms with E-state index in [9.17, 15) is 0 Å². The Balaban J connectivity index is 0.940. The van der Waals surface area contributed by atoms with Crippen molar-refractivity contribution in [3.8, 4) is 56.4 Å². The van der Waals surface area contributed by atoms with Gasteiger partial charge >= 0.3 is 0 Å². The van der Waals surface area contributed by atoms with E-state index in [0.717, 1.165) is 47.9 Å². The summed E-state index contributed by atoms with van der Waals surface area (Å²) in [5.41, 5.74) is 16.9. The van der Waals surface area contributed by atoms with Crippen molar-refractivity contribution in [1.29, 1.82) is 0 Å². The van der Waals surface area contributed by atoms with E-state index in [1.54, 1.807) is 0 Å². The van der Waals surface area contributed by atoms with Crippen LogP contribution in [0.5, 0.6) is 23.0 Å². The molecular formula is C55H39NO2. The summed E-state index contributed by atoms with van der Waals surface area (Å²) in [6.45, 7) is 0. The second kappa shape index (κ2) is 13.0. The first-order valence-corrected chi connectivity index (χ1v) is 20.4. The maximum absolute atomic E-state index is 7.11. The minimum Gasteiger partial charge on any atom is -0.449 e. The number of hydrogen-bond acceptors (Lipinski definition) is 3. The molecule has 0 amide bonds. The van der Waals surface area contributed by atoms with Gasteiger partial charge in [-0.2, -0.15) is 0 Å². The summed E-state index contributed by atoms with van der Waals surface area (Å²) in [4.78, 5) is 2.45. The second-order valence-electron chi connectivity index (χ2n) is 15.8. The Morgan fingerprint density at radius 3 is 1.86 bits per heavy atom. The van der Waals surface area contributed by atoms with Crippen LogP contribution >= 0.6 is 0 Å². The summed E-state index contributed by atoms with van der Waals surface area (Å²) >= 11 is 0. The van der Waals surface area contributed by atoms with Crippen LogP contribution in [0, 0.1) is 0 Å². The highest BCUT2D eigenvalue weighted by molar-refractivity contribution is 5.96. The van der Waals surface area contributed by atoms with Crippen LogP contribution < -0.4 is 14.4 Å². The van der Waals surface area contributed by atoms with E-state index in [2.05, 4.69) is 193 Å². The van der Waals surface area contributed by atoms with E-state index in [1.165, 1.54) is 72.5 Å². The SMILES string of the molecule is C1=C[C@@H](N(C2=CCCC=C2)c2cccc3c2Oc2cc4c(cc2O3)C2(c3ccccc3-c3ccccc32)c2ccccc2-4)CC(c2ccc(-c3ccccc3)cc2)=C1. The molecule has 1 spiro atoms. The molecule has 5 aliphatic rings. The van der Waals surface area contributed by atoms with Gasteiger partial charge in [0.05, 0.1) is 17.1 Å². The summed E-state index contributed by atoms with van der Waals surface area (Å²) in [7, 11) is 0. The zero-order valence-electron chi connectivity index (χ0n) is 31.9. The zero-order valence-corrected chi connectivity index (χ0v) is 31.9. The van der Waals surface area contributed by atoms with E-state index < -0.39 is 5.41 Å². The van der Waals surface area contributed by atoms with Crippen molar-refractivity contribution in [2.24, 2.45) is 0 Å². The van der Waals surface area contributed by atoms with Gasteiger partial charge in [-0.1, -0.05) is 164 Å². The molecule has 3 nitrogen and oxygen atoms in total. The minimum atomic E-state index is -0.448. The number of benzene rings is 7.